The molecule has 0 unspecified atom stereocenters. The predicted molar refractivity (Wildman–Crippen MR) is 87.4 cm³/mol. The molecular weight excluding hydrogens is 294 g/mol. The van der Waals surface area contributed by atoms with E-state index in [0.717, 1.165) is 16.6 Å². The summed E-state index contributed by atoms with van der Waals surface area (Å²) in [5, 5.41) is 0. The quantitative estimate of drug-likeness (QED) is 0.770. The van der Waals surface area contributed by atoms with Gasteiger partial charge in [0.2, 0.25) is 0 Å². The molecule has 0 aliphatic heterocycles. The number of para-hydroxylation sites is 2. The van der Waals surface area contributed by atoms with Crippen LogP contribution in [-0.4, -0.2) is 21.6 Å². The van der Waals surface area contributed by atoms with Crippen molar-refractivity contribution in [3.8, 4) is 5.75 Å². The van der Waals surface area contributed by atoms with Crippen molar-refractivity contribution in [2.75, 3.05) is 6.61 Å². The maximum atomic E-state index is 12.4. The molecule has 0 aliphatic rings. The Morgan fingerprint density at radius 3 is 2.61 bits per heavy atom. The van der Waals surface area contributed by atoms with Gasteiger partial charge in [0, 0.05) is 7.05 Å². The first-order valence-electron chi connectivity index (χ1n) is 7.20. The second kappa shape index (κ2) is 6.00. The van der Waals surface area contributed by atoms with Crippen molar-refractivity contribution in [3.05, 3.63) is 64.6 Å². The molecule has 0 bridgehead atoms. The van der Waals surface area contributed by atoms with Crippen molar-refractivity contribution in [1.82, 2.24) is 9.13 Å². The van der Waals surface area contributed by atoms with Crippen LogP contribution in [0.2, 0.25) is 0 Å². The van der Waals surface area contributed by atoms with Crippen LogP contribution < -0.4 is 16.2 Å². The van der Waals surface area contributed by atoms with Gasteiger partial charge in [0.05, 0.1) is 17.6 Å². The molecule has 1 amide bonds. The molecule has 3 aromatic rings. The number of aromatic nitrogens is 2. The molecule has 23 heavy (non-hydrogen) atoms. The highest BCUT2D eigenvalue weighted by molar-refractivity contribution is 5.76. The number of benzene rings is 2. The van der Waals surface area contributed by atoms with Gasteiger partial charge >= 0.3 is 5.69 Å². The van der Waals surface area contributed by atoms with E-state index in [1.807, 2.05) is 36.4 Å². The summed E-state index contributed by atoms with van der Waals surface area (Å²) in [6.07, 6.45) is 0. The SMILES string of the molecule is Cn1c(=O)n(Cc2cccc(OCC(N)=O)c2)c2ccccc21. The largest absolute Gasteiger partial charge is 0.484 e. The Bertz CT molecular complexity index is 924. The van der Waals surface area contributed by atoms with E-state index in [-0.39, 0.29) is 12.3 Å². The molecule has 0 fully saturated rings. The zero-order valence-corrected chi connectivity index (χ0v) is 12.7. The predicted octanol–water partition coefficient (Wildman–Crippen LogP) is 1.25. The lowest BCUT2D eigenvalue weighted by Gasteiger charge is -2.07. The van der Waals surface area contributed by atoms with Gasteiger partial charge in [-0.1, -0.05) is 24.3 Å². The molecule has 2 aromatic carbocycles. The van der Waals surface area contributed by atoms with Crippen LogP contribution in [0.4, 0.5) is 0 Å². The van der Waals surface area contributed by atoms with Crippen molar-refractivity contribution in [2.24, 2.45) is 12.8 Å². The van der Waals surface area contributed by atoms with E-state index in [1.54, 1.807) is 28.3 Å². The zero-order valence-electron chi connectivity index (χ0n) is 12.7. The number of amides is 1. The monoisotopic (exact) mass is 311 g/mol. The molecule has 3 rings (SSSR count). The van der Waals surface area contributed by atoms with E-state index >= 15 is 0 Å². The normalized spacial score (nSPS) is 10.8. The minimum absolute atomic E-state index is 0.0744. The van der Waals surface area contributed by atoms with Gasteiger partial charge in [0.1, 0.15) is 5.75 Å². The number of hydrogen-bond donors (Lipinski definition) is 1. The van der Waals surface area contributed by atoms with E-state index in [1.165, 1.54) is 0 Å². The molecule has 2 N–H and O–H groups in total. The lowest BCUT2D eigenvalue weighted by atomic mass is 10.2. The van der Waals surface area contributed by atoms with Crippen molar-refractivity contribution in [1.29, 1.82) is 0 Å². The third-order valence-electron chi connectivity index (χ3n) is 3.67. The number of nitrogens with zero attached hydrogens (tertiary/aromatic N) is 2. The number of nitrogens with two attached hydrogens (primary N) is 1. The number of rotatable bonds is 5. The Kier molecular flexibility index (Phi) is 3.89. The molecular formula is C17H17N3O3. The summed E-state index contributed by atoms with van der Waals surface area (Å²) in [6.45, 7) is 0.256. The Labute approximate surface area is 132 Å². The molecule has 6 heteroatoms. The Hall–Kier alpha value is -3.02. The average molecular weight is 311 g/mol. The van der Waals surface area contributed by atoms with Gasteiger partial charge < -0.3 is 10.5 Å². The summed E-state index contributed by atoms with van der Waals surface area (Å²) >= 11 is 0. The first kappa shape index (κ1) is 14.9. The standard InChI is InChI=1S/C17H17N3O3/c1-19-14-7-2-3-8-15(14)20(17(19)22)10-12-5-4-6-13(9-12)23-11-16(18)21/h2-9H,10-11H2,1H3,(H2,18,21). The Morgan fingerprint density at radius 1 is 1.13 bits per heavy atom. The molecule has 1 heterocycles. The smallest absolute Gasteiger partial charge is 0.329 e. The minimum Gasteiger partial charge on any atom is -0.484 e. The van der Waals surface area contributed by atoms with E-state index in [9.17, 15) is 9.59 Å². The number of aryl methyl sites for hydroxylation is 1. The number of ether oxygens (including phenoxy) is 1. The minimum atomic E-state index is -0.527. The van der Waals surface area contributed by atoms with E-state index in [0.29, 0.717) is 12.3 Å². The third kappa shape index (κ3) is 2.96. The first-order valence-corrected chi connectivity index (χ1v) is 7.20. The molecule has 0 atom stereocenters. The molecule has 0 spiro atoms. The van der Waals surface area contributed by atoms with Crippen LogP contribution in [0.1, 0.15) is 5.56 Å². The van der Waals surface area contributed by atoms with Crippen molar-refractivity contribution in [3.63, 3.8) is 0 Å². The summed E-state index contributed by atoms with van der Waals surface area (Å²) in [5.41, 5.74) is 7.67. The zero-order chi connectivity index (χ0) is 16.4. The molecule has 118 valence electrons. The number of carbonyl (C=O) groups excluding carboxylic acids is 1. The highest BCUT2D eigenvalue weighted by Gasteiger charge is 2.10. The highest BCUT2D eigenvalue weighted by Crippen LogP contribution is 2.17. The third-order valence-corrected chi connectivity index (χ3v) is 3.67. The molecule has 0 saturated heterocycles. The van der Waals surface area contributed by atoms with Crippen LogP contribution in [-0.2, 0) is 18.4 Å². The summed E-state index contributed by atoms with van der Waals surface area (Å²) in [4.78, 5) is 23.2. The first-order chi connectivity index (χ1) is 11.1. The summed E-state index contributed by atoms with van der Waals surface area (Å²) in [5.74, 6) is 0.0234. The van der Waals surface area contributed by atoms with Gasteiger partial charge in [0.25, 0.3) is 5.91 Å². The average Bonchev–Trinajstić information content (AvgIpc) is 2.79. The van der Waals surface area contributed by atoms with Gasteiger partial charge in [-0.3, -0.25) is 13.9 Å². The van der Waals surface area contributed by atoms with Gasteiger partial charge in [-0.2, -0.15) is 0 Å². The van der Waals surface area contributed by atoms with Crippen LogP contribution in [0.15, 0.2) is 53.3 Å². The van der Waals surface area contributed by atoms with Gasteiger partial charge in [-0.25, -0.2) is 4.79 Å². The van der Waals surface area contributed by atoms with Crippen LogP contribution in [0.3, 0.4) is 0 Å². The number of fused-ring (bicyclic) bond motifs is 1. The second-order valence-corrected chi connectivity index (χ2v) is 5.32. The maximum Gasteiger partial charge on any atom is 0.329 e. The van der Waals surface area contributed by atoms with Gasteiger partial charge in [0.15, 0.2) is 6.61 Å². The van der Waals surface area contributed by atoms with Crippen molar-refractivity contribution in [2.45, 2.75) is 6.54 Å². The summed E-state index contributed by atoms with van der Waals surface area (Å²) < 4.78 is 8.64. The molecule has 6 nitrogen and oxygen atoms in total. The molecule has 0 saturated carbocycles. The molecule has 1 aromatic heterocycles. The highest BCUT2D eigenvalue weighted by atomic mass is 16.5. The molecule has 0 aliphatic carbocycles. The number of carbonyl (C=O) groups is 1. The fourth-order valence-electron chi connectivity index (χ4n) is 2.59. The van der Waals surface area contributed by atoms with Crippen LogP contribution in [0.25, 0.3) is 11.0 Å². The second-order valence-electron chi connectivity index (χ2n) is 5.32. The molecule has 0 radical (unpaired) electrons. The van der Waals surface area contributed by atoms with Gasteiger partial charge in [-0.05, 0) is 29.8 Å². The van der Waals surface area contributed by atoms with Crippen LogP contribution in [0, 0.1) is 0 Å². The fourth-order valence-corrected chi connectivity index (χ4v) is 2.59. The fraction of sp³-hybridized carbons (Fsp3) is 0.176. The van der Waals surface area contributed by atoms with E-state index < -0.39 is 5.91 Å². The van der Waals surface area contributed by atoms with Crippen molar-refractivity contribution >= 4 is 16.9 Å². The van der Waals surface area contributed by atoms with Gasteiger partial charge in [-0.15, -0.1) is 0 Å². The Morgan fingerprint density at radius 2 is 1.87 bits per heavy atom. The number of primary amides is 1. The van der Waals surface area contributed by atoms with Crippen LogP contribution in [0.5, 0.6) is 5.75 Å². The lowest BCUT2D eigenvalue weighted by molar-refractivity contribution is -0.119. The number of hydrogen-bond acceptors (Lipinski definition) is 3. The summed E-state index contributed by atoms with van der Waals surface area (Å²) in [7, 11) is 1.76. The van der Waals surface area contributed by atoms with Crippen LogP contribution >= 0.6 is 0 Å². The number of imidazole rings is 1. The van der Waals surface area contributed by atoms with E-state index in [2.05, 4.69) is 0 Å². The topological polar surface area (TPSA) is 79.2 Å². The summed E-state index contributed by atoms with van der Waals surface area (Å²) in [6, 6.07) is 14.9. The Balaban J connectivity index is 1.94. The maximum absolute atomic E-state index is 12.4. The lowest BCUT2D eigenvalue weighted by Crippen LogP contribution is -2.22. The van der Waals surface area contributed by atoms with E-state index in [4.69, 9.17) is 10.5 Å². The van der Waals surface area contributed by atoms with Crippen molar-refractivity contribution < 1.29 is 9.53 Å².